The van der Waals surface area contributed by atoms with Gasteiger partial charge >= 0.3 is 5.97 Å². The first-order chi connectivity index (χ1) is 45.1. The number of carbonyl (C=O) groups is 5. The highest BCUT2D eigenvalue weighted by Crippen LogP contribution is 2.17. The van der Waals surface area contributed by atoms with Crippen LogP contribution >= 0.6 is 0 Å². The van der Waals surface area contributed by atoms with Gasteiger partial charge in [0.1, 0.15) is 5.78 Å². The van der Waals surface area contributed by atoms with E-state index in [9.17, 15) is 24.0 Å². The number of methoxy groups -OCH3 is 1. The van der Waals surface area contributed by atoms with Crippen LogP contribution in [-0.2, 0) is 28.7 Å². The molecule has 0 bridgehead atoms. The molecular weight excluding hydrogens is 1190 g/mol. The molecule has 3 amide bonds. The number of carbonyl (C=O) groups excluding carboxylic acids is 5. The Morgan fingerprint density at radius 3 is 0.947 bits per heavy atom. The first-order valence-electron chi connectivity index (χ1n) is 39.2. The first-order valence-corrected chi connectivity index (χ1v) is 39.2. The number of nitrogens with two attached hydrogens (primary N) is 2. The van der Waals surface area contributed by atoms with Gasteiger partial charge in [-0.3, -0.25) is 35.2 Å². The zero-order valence-corrected chi connectivity index (χ0v) is 66.9. The third-order valence-electron chi connectivity index (χ3n) is 17.7. The summed E-state index contributed by atoms with van der Waals surface area (Å²) in [4.78, 5) is 57.3. The maximum absolute atomic E-state index is 11.8. The van der Waals surface area contributed by atoms with Crippen LogP contribution in [0.4, 0.5) is 0 Å². The third kappa shape index (κ3) is 93.3. The molecule has 0 spiro atoms. The Morgan fingerprint density at radius 2 is 0.653 bits per heavy atom. The van der Waals surface area contributed by atoms with Crippen LogP contribution in [0, 0.1) is 59.2 Å². The molecule has 0 heterocycles. The molecule has 0 radical (unpaired) electrons. The van der Waals surface area contributed by atoms with Gasteiger partial charge in [-0.15, -0.1) is 0 Å². The second-order valence-electron chi connectivity index (χ2n) is 29.5. The zero-order valence-electron chi connectivity index (χ0n) is 66.9. The molecule has 0 saturated carbocycles. The Balaban J connectivity index is -0.000000257. The molecular formula is C78H169N11O6. The molecule has 572 valence electrons. The summed E-state index contributed by atoms with van der Waals surface area (Å²) in [7, 11) is 3.31. The van der Waals surface area contributed by atoms with E-state index in [1.807, 2.05) is 14.0 Å². The summed E-state index contributed by atoms with van der Waals surface area (Å²) in [5.74, 6) is 11.8. The maximum atomic E-state index is 11.8. The number of Topliss-reactive ketones (excluding diaryl/α,β-unsaturated/α-hetero) is 1. The van der Waals surface area contributed by atoms with Crippen molar-refractivity contribution in [3.05, 3.63) is 0 Å². The summed E-state index contributed by atoms with van der Waals surface area (Å²) < 4.78 is 4.53. The van der Waals surface area contributed by atoms with Crippen LogP contribution in [0.15, 0.2) is 0 Å². The maximum Gasteiger partial charge on any atom is 0.305 e. The first kappa shape index (κ1) is 103. The Morgan fingerprint density at radius 1 is 0.358 bits per heavy atom. The summed E-state index contributed by atoms with van der Waals surface area (Å²) >= 11 is 0. The fourth-order valence-electron chi connectivity index (χ4n) is 8.82. The van der Waals surface area contributed by atoms with E-state index in [-0.39, 0.29) is 29.7 Å². The Hall–Kier alpha value is -2.77. The largest absolute Gasteiger partial charge is 0.469 e. The fourth-order valence-corrected chi connectivity index (χ4v) is 8.82. The van der Waals surface area contributed by atoms with Crippen LogP contribution in [0.5, 0.6) is 0 Å². The van der Waals surface area contributed by atoms with Crippen molar-refractivity contribution in [2.75, 3.05) is 99.2 Å². The standard InChI is InChI=1S/C20H41N3O2.C16H34N2O.C12H27N3O.C12H27N.C10H24N2.C8H16O2/c1-16(2)17(3)14-20(25)23-13-8-6-7-11-22-12-9-10-19(24)15-18(4)21-5;1-5-6-10-17-11-8-7-9-12-18-16(19)13-15(4)14(2)3;1-10(2)11(3)9-12(16)14-7-5-4-6-8-15-13;1-4-5-10-13-11-8-6-7-9-12(2)3;1-10(2)6-4-3-5-8-12-9-7-11;1-6(2)7(3)5-8(9)10-4/h16-18,21-22H,6-15H2,1-5H3,(H,23,25);14-15,17H,5-13H2,1-4H3,(H,18,19);10-11,15H,4-9,13H2,1-3H3,(H,14,16);12-13H,4-11H2,1-3H3;10,12H,3-9,11H2,1-2H3;6-7H,5H2,1-4H3. The summed E-state index contributed by atoms with van der Waals surface area (Å²) in [6, 6.07) is 0.273. The number of rotatable bonds is 57. The van der Waals surface area contributed by atoms with Gasteiger partial charge in [0, 0.05) is 83.8 Å². The van der Waals surface area contributed by atoms with E-state index in [4.69, 9.17) is 11.6 Å². The predicted molar refractivity (Wildman–Crippen MR) is 414 cm³/mol. The van der Waals surface area contributed by atoms with E-state index in [1.54, 1.807) is 0 Å². The van der Waals surface area contributed by atoms with Crippen LogP contribution in [-0.4, -0.2) is 135 Å². The molecule has 5 unspecified atom stereocenters. The summed E-state index contributed by atoms with van der Waals surface area (Å²) in [6.45, 7) is 53.9. The van der Waals surface area contributed by atoms with E-state index in [0.717, 1.165) is 135 Å². The van der Waals surface area contributed by atoms with E-state index in [1.165, 1.54) is 110 Å². The van der Waals surface area contributed by atoms with Crippen molar-refractivity contribution in [3.63, 3.8) is 0 Å². The average molecular weight is 1360 g/mol. The van der Waals surface area contributed by atoms with Gasteiger partial charge < -0.3 is 53.0 Å². The summed E-state index contributed by atoms with van der Waals surface area (Å²) in [5.41, 5.74) is 7.97. The molecule has 0 rings (SSSR count). The lowest BCUT2D eigenvalue weighted by molar-refractivity contribution is -0.142. The van der Waals surface area contributed by atoms with Crippen molar-refractivity contribution in [1.29, 1.82) is 0 Å². The van der Waals surface area contributed by atoms with E-state index in [0.29, 0.717) is 91.7 Å². The van der Waals surface area contributed by atoms with Crippen molar-refractivity contribution in [2.45, 2.75) is 317 Å². The second kappa shape index (κ2) is 80.2. The highest BCUT2D eigenvalue weighted by atomic mass is 16.5. The van der Waals surface area contributed by atoms with Gasteiger partial charge in [-0.25, -0.2) is 0 Å². The molecule has 5 atom stereocenters. The van der Waals surface area contributed by atoms with Gasteiger partial charge in [0.25, 0.3) is 0 Å². The normalized spacial score (nSPS) is 12.6. The summed E-state index contributed by atoms with van der Waals surface area (Å²) in [5, 5.41) is 25.7. The van der Waals surface area contributed by atoms with Gasteiger partial charge in [0.05, 0.1) is 7.11 Å². The lowest BCUT2D eigenvalue weighted by atomic mass is 9.94. The average Bonchev–Trinajstić information content (AvgIpc) is 3.74. The van der Waals surface area contributed by atoms with Crippen molar-refractivity contribution in [2.24, 2.45) is 70.8 Å². The van der Waals surface area contributed by atoms with Crippen LogP contribution < -0.4 is 59.5 Å². The van der Waals surface area contributed by atoms with E-state index < -0.39 is 0 Å². The van der Waals surface area contributed by atoms with Crippen LogP contribution in [0.2, 0.25) is 0 Å². The number of ketones is 1. The van der Waals surface area contributed by atoms with Crippen molar-refractivity contribution >= 4 is 29.5 Å². The quantitative estimate of drug-likeness (QED) is 0.0117. The predicted octanol–water partition coefficient (Wildman–Crippen LogP) is 14.8. The highest BCUT2D eigenvalue weighted by Gasteiger charge is 2.15. The van der Waals surface area contributed by atoms with Crippen molar-refractivity contribution in [1.82, 2.24) is 48.0 Å². The lowest BCUT2D eigenvalue weighted by Gasteiger charge is -2.14. The molecule has 0 fully saturated rings. The van der Waals surface area contributed by atoms with Crippen molar-refractivity contribution < 1.29 is 28.7 Å². The van der Waals surface area contributed by atoms with Gasteiger partial charge in [0.2, 0.25) is 17.7 Å². The third-order valence-corrected chi connectivity index (χ3v) is 17.7. The Labute approximate surface area is 590 Å². The lowest BCUT2D eigenvalue weighted by Crippen LogP contribution is -2.27. The summed E-state index contributed by atoms with van der Waals surface area (Å²) in [6.07, 6.45) is 30.8. The molecule has 95 heavy (non-hydrogen) atoms. The molecule has 0 aromatic heterocycles. The topological polar surface area (TPSA) is 255 Å². The molecule has 0 aromatic carbocycles. The SMILES string of the molecule is CC(C)C(C)CC(=O)NCCCCCNN.CC(C)CCCCCNCCN.CCCCNCCCCCC(C)C.CCCCNCCCCCNC(=O)CC(C)C(C)C.CNC(C)CC(=O)CCCNCCCCCNC(=O)CC(C)C(C)C.COC(=O)CC(C)C(C)C. The van der Waals surface area contributed by atoms with Gasteiger partial charge in [0.15, 0.2) is 0 Å². The van der Waals surface area contributed by atoms with Gasteiger partial charge in [-0.2, -0.15) is 0 Å². The minimum absolute atomic E-state index is 0.110. The molecule has 0 aromatic rings. The number of esters is 1. The minimum Gasteiger partial charge on any atom is -0.469 e. The molecule has 13 N–H and O–H groups in total. The number of unbranched alkanes of at least 4 members (excludes halogenated alkanes) is 12. The number of hydrogen-bond acceptors (Lipinski definition) is 14. The molecule has 17 nitrogen and oxygen atoms in total. The highest BCUT2D eigenvalue weighted by molar-refractivity contribution is 5.79. The van der Waals surface area contributed by atoms with Crippen LogP contribution in [0.25, 0.3) is 0 Å². The van der Waals surface area contributed by atoms with Gasteiger partial charge in [-0.05, 0) is 190 Å². The molecule has 0 aliphatic rings. The smallest absolute Gasteiger partial charge is 0.305 e. The van der Waals surface area contributed by atoms with E-state index >= 15 is 0 Å². The fraction of sp³-hybridized carbons (Fsp3) is 0.936. The Kier molecular flexibility index (Phi) is 87.2. The molecule has 0 aliphatic heterocycles. The van der Waals surface area contributed by atoms with E-state index in [2.05, 4.69) is 177 Å². The number of amides is 3. The minimum atomic E-state index is -0.110. The van der Waals surface area contributed by atoms with Crippen molar-refractivity contribution in [3.8, 4) is 0 Å². The number of hydrogen-bond donors (Lipinski definition) is 11. The monoisotopic (exact) mass is 1360 g/mol. The Bertz CT molecular complexity index is 1610. The number of ether oxygens (including phenoxy) is 1. The zero-order chi connectivity index (χ0) is 73.3. The molecule has 17 heteroatoms. The molecule has 0 aliphatic carbocycles. The van der Waals surface area contributed by atoms with Crippen LogP contribution in [0.3, 0.4) is 0 Å². The second-order valence-corrected chi connectivity index (χ2v) is 29.5. The van der Waals surface area contributed by atoms with Gasteiger partial charge in [-0.1, -0.05) is 195 Å². The molecule has 0 saturated heterocycles. The van der Waals surface area contributed by atoms with Crippen LogP contribution in [0.1, 0.15) is 311 Å². The number of hydrazine groups is 1. The number of nitrogens with one attached hydrogen (secondary N) is 9.